The molecule has 1 aliphatic heterocycles. The Balaban J connectivity index is 1.72. The van der Waals surface area contributed by atoms with Gasteiger partial charge in [0.15, 0.2) is 11.6 Å². The van der Waals surface area contributed by atoms with E-state index in [9.17, 15) is 9.18 Å². The Morgan fingerprint density at radius 3 is 2.96 bits per heavy atom. The minimum Gasteiger partial charge on any atom is -0.494 e. The van der Waals surface area contributed by atoms with Gasteiger partial charge in [-0.1, -0.05) is 0 Å². The van der Waals surface area contributed by atoms with E-state index in [1.165, 1.54) is 30.8 Å². The molecule has 7 nitrogen and oxygen atoms in total. The van der Waals surface area contributed by atoms with Gasteiger partial charge in [-0.15, -0.1) is 11.3 Å². The van der Waals surface area contributed by atoms with Crippen LogP contribution in [0.5, 0.6) is 5.75 Å². The molecule has 4 rings (SSSR count). The molecule has 28 heavy (non-hydrogen) atoms. The second-order valence-corrected chi connectivity index (χ2v) is 7.47. The van der Waals surface area contributed by atoms with Crippen molar-refractivity contribution in [2.45, 2.75) is 19.9 Å². The Kier molecular flexibility index (Phi) is 4.76. The number of nitrogen functional groups attached to an aromatic ring is 1. The van der Waals surface area contributed by atoms with Crippen LogP contribution < -0.4 is 15.4 Å². The van der Waals surface area contributed by atoms with Crippen molar-refractivity contribution in [1.29, 1.82) is 0 Å². The molecule has 0 atom stereocenters. The molecule has 0 saturated heterocycles. The van der Waals surface area contributed by atoms with E-state index in [0.29, 0.717) is 53.4 Å². The molecule has 1 aliphatic rings. The van der Waals surface area contributed by atoms with Crippen molar-refractivity contribution >= 4 is 39.0 Å². The molecule has 0 fully saturated rings. The number of hydrogen-bond donors (Lipinski definition) is 1. The molecule has 0 bridgehead atoms. The highest BCUT2D eigenvalue weighted by Gasteiger charge is 2.29. The molecule has 0 saturated carbocycles. The van der Waals surface area contributed by atoms with E-state index in [1.807, 2.05) is 0 Å². The third-order valence-corrected chi connectivity index (χ3v) is 5.80. The number of ether oxygens (including phenoxy) is 2. The molecule has 0 radical (unpaired) electrons. The van der Waals surface area contributed by atoms with Crippen LogP contribution in [0.25, 0.3) is 10.9 Å². The normalized spacial score (nSPS) is 13.5. The smallest absolute Gasteiger partial charge is 0.341 e. The first-order valence-corrected chi connectivity index (χ1v) is 9.65. The molecule has 0 unspecified atom stereocenters. The molecule has 2 aromatic heterocycles. The van der Waals surface area contributed by atoms with Crippen LogP contribution in [-0.2, 0) is 17.7 Å². The van der Waals surface area contributed by atoms with Gasteiger partial charge in [-0.25, -0.2) is 19.2 Å². The van der Waals surface area contributed by atoms with Crippen LogP contribution in [0.4, 0.5) is 15.2 Å². The molecule has 2 N–H and O–H groups in total. The first-order valence-electron chi connectivity index (χ1n) is 8.83. The molecule has 0 amide bonds. The molecule has 0 spiro atoms. The lowest BCUT2D eigenvalue weighted by atomic mass is 10.0. The fourth-order valence-electron chi connectivity index (χ4n) is 3.49. The van der Waals surface area contributed by atoms with Crippen LogP contribution in [0.1, 0.15) is 27.7 Å². The third-order valence-electron chi connectivity index (χ3n) is 4.75. The zero-order valence-electron chi connectivity index (χ0n) is 15.5. The second-order valence-electron chi connectivity index (χ2n) is 6.34. The van der Waals surface area contributed by atoms with Crippen LogP contribution >= 0.6 is 11.3 Å². The fourth-order valence-corrected chi connectivity index (χ4v) is 4.61. The summed E-state index contributed by atoms with van der Waals surface area (Å²) in [6, 6.07) is 2.96. The molecule has 9 heteroatoms. The molecule has 3 heterocycles. The molecular formula is C19H19FN4O3S. The van der Waals surface area contributed by atoms with E-state index in [4.69, 9.17) is 15.2 Å². The Hall–Kier alpha value is -2.94. The van der Waals surface area contributed by atoms with Crippen LogP contribution in [-0.4, -0.2) is 36.2 Å². The van der Waals surface area contributed by atoms with E-state index in [-0.39, 0.29) is 11.7 Å². The van der Waals surface area contributed by atoms with Gasteiger partial charge in [0.1, 0.15) is 17.1 Å². The number of halogens is 1. The number of fused-ring (bicyclic) bond motifs is 2. The molecule has 0 aliphatic carbocycles. The number of carbonyl (C=O) groups is 1. The number of esters is 1. The SMILES string of the molecule is CCOC(=O)c1c(N)sc2c1CCN(c1ncnc3cc(F)c(OC)cc13)C2. The molecule has 146 valence electrons. The predicted octanol–water partition coefficient (Wildman–Crippen LogP) is 3.16. The number of aromatic nitrogens is 2. The average molecular weight is 402 g/mol. The molecule has 1 aromatic carbocycles. The second kappa shape index (κ2) is 7.23. The third kappa shape index (κ3) is 3.01. The Bertz CT molecular complexity index is 1070. The van der Waals surface area contributed by atoms with Gasteiger partial charge < -0.3 is 20.1 Å². The number of carbonyl (C=O) groups excluding carboxylic acids is 1. The lowest BCUT2D eigenvalue weighted by Gasteiger charge is -2.29. The highest BCUT2D eigenvalue weighted by Crippen LogP contribution is 2.38. The summed E-state index contributed by atoms with van der Waals surface area (Å²) in [5.41, 5.74) is 8.03. The van der Waals surface area contributed by atoms with Crippen molar-refractivity contribution < 1.29 is 18.7 Å². The summed E-state index contributed by atoms with van der Waals surface area (Å²) in [4.78, 5) is 23.9. The Labute approximate surface area is 164 Å². The van der Waals surface area contributed by atoms with Crippen molar-refractivity contribution in [2.75, 3.05) is 30.9 Å². The number of thiophene rings is 1. The first kappa shape index (κ1) is 18.4. The van der Waals surface area contributed by atoms with E-state index in [0.717, 1.165) is 10.4 Å². The maximum Gasteiger partial charge on any atom is 0.341 e. The van der Waals surface area contributed by atoms with Gasteiger partial charge in [0, 0.05) is 22.9 Å². The summed E-state index contributed by atoms with van der Waals surface area (Å²) in [7, 11) is 1.42. The zero-order valence-corrected chi connectivity index (χ0v) is 16.3. The fraction of sp³-hybridized carbons (Fsp3) is 0.316. The number of nitrogens with zero attached hydrogens (tertiary/aromatic N) is 3. The maximum absolute atomic E-state index is 14.0. The standard InChI is InChI=1S/C19H19FN4O3S/c1-3-27-19(25)16-10-4-5-24(8-15(10)28-17(16)21)18-11-6-14(26-2)12(20)7-13(11)22-9-23-18/h6-7,9H,3-5,8,21H2,1-2H3. The van der Waals surface area contributed by atoms with Crippen LogP contribution in [0, 0.1) is 5.82 Å². The lowest BCUT2D eigenvalue weighted by Crippen LogP contribution is -2.31. The summed E-state index contributed by atoms with van der Waals surface area (Å²) < 4.78 is 24.3. The van der Waals surface area contributed by atoms with E-state index >= 15 is 0 Å². The number of benzene rings is 1. The van der Waals surface area contributed by atoms with Crippen LogP contribution in [0.15, 0.2) is 18.5 Å². The Morgan fingerprint density at radius 2 is 2.21 bits per heavy atom. The van der Waals surface area contributed by atoms with Crippen molar-refractivity contribution in [1.82, 2.24) is 9.97 Å². The van der Waals surface area contributed by atoms with E-state index in [2.05, 4.69) is 14.9 Å². The van der Waals surface area contributed by atoms with Crippen LogP contribution in [0.2, 0.25) is 0 Å². The Morgan fingerprint density at radius 1 is 1.39 bits per heavy atom. The minimum atomic E-state index is -0.467. The predicted molar refractivity (Wildman–Crippen MR) is 105 cm³/mol. The van der Waals surface area contributed by atoms with Gasteiger partial charge in [-0.05, 0) is 25.0 Å². The summed E-state index contributed by atoms with van der Waals surface area (Å²) >= 11 is 1.39. The molecular weight excluding hydrogens is 383 g/mol. The quantitative estimate of drug-likeness (QED) is 0.670. The van der Waals surface area contributed by atoms with Gasteiger partial charge in [0.2, 0.25) is 0 Å². The average Bonchev–Trinajstić information content (AvgIpc) is 3.01. The van der Waals surface area contributed by atoms with Crippen molar-refractivity contribution in [3.63, 3.8) is 0 Å². The minimum absolute atomic E-state index is 0.145. The molecule has 3 aromatic rings. The summed E-state index contributed by atoms with van der Waals surface area (Å²) in [5, 5.41) is 1.18. The highest BCUT2D eigenvalue weighted by atomic mass is 32.1. The summed E-state index contributed by atoms with van der Waals surface area (Å²) in [6.45, 7) is 3.27. The van der Waals surface area contributed by atoms with Gasteiger partial charge in [0.25, 0.3) is 0 Å². The van der Waals surface area contributed by atoms with Crippen molar-refractivity contribution in [2.24, 2.45) is 0 Å². The lowest BCUT2D eigenvalue weighted by molar-refractivity contribution is 0.0526. The zero-order chi connectivity index (χ0) is 19.8. The summed E-state index contributed by atoms with van der Waals surface area (Å²) in [5.74, 6) is -0.00541. The number of anilines is 2. The van der Waals surface area contributed by atoms with Crippen molar-refractivity contribution in [3.8, 4) is 5.75 Å². The van der Waals surface area contributed by atoms with E-state index < -0.39 is 5.82 Å². The summed E-state index contributed by atoms with van der Waals surface area (Å²) in [6.07, 6.45) is 2.06. The largest absolute Gasteiger partial charge is 0.494 e. The maximum atomic E-state index is 14.0. The number of nitrogens with two attached hydrogens (primary N) is 1. The van der Waals surface area contributed by atoms with E-state index in [1.54, 1.807) is 13.0 Å². The van der Waals surface area contributed by atoms with Gasteiger partial charge in [-0.3, -0.25) is 0 Å². The van der Waals surface area contributed by atoms with Gasteiger partial charge >= 0.3 is 5.97 Å². The van der Waals surface area contributed by atoms with Gasteiger partial charge in [0.05, 0.1) is 31.3 Å². The first-order chi connectivity index (χ1) is 13.5. The monoisotopic (exact) mass is 402 g/mol. The number of rotatable bonds is 4. The van der Waals surface area contributed by atoms with Gasteiger partial charge in [-0.2, -0.15) is 0 Å². The topological polar surface area (TPSA) is 90.6 Å². The number of methoxy groups -OCH3 is 1. The van der Waals surface area contributed by atoms with Crippen molar-refractivity contribution in [3.05, 3.63) is 40.3 Å². The van der Waals surface area contributed by atoms with Crippen LogP contribution in [0.3, 0.4) is 0 Å². The highest BCUT2D eigenvalue weighted by molar-refractivity contribution is 7.16. The number of hydrogen-bond acceptors (Lipinski definition) is 8.